The number of anilines is 2. The zero-order valence-corrected chi connectivity index (χ0v) is 14.0. The second kappa shape index (κ2) is 7.31. The van der Waals surface area contributed by atoms with E-state index in [1.165, 1.54) is 18.4 Å². The molecule has 0 aliphatic heterocycles. The normalized spacial score (nSPS) is 10.5. The minimum atomic E-state index is -0.259. The van der Waals surface area contributed by atoms with E-state index in [1.54, 1.807) is 12.1 Å². The lowest BCUT2D eigenvalue weighted by Gasteiger charge is -2.07. The van der Waals surface area contributed by atoms with Crippen LogP contribution >= 0.6 is 46.1 Å². The Morgan fingerprint density at radius 3 is 2.71 bits per heavy atom. The van der Waals surface area contributed by atoms with E-state index in [9.17, 15) is 4.79 Å². The molecule has 0 atom stereocenters. The first-order valence-electron chi connectivity index (χ1n) is 5.92. The van der Waals surface area contributed by atoms with Crippen molar-refractivity contribution in [3.63, 3.8) is 0 Å². The third-order valence-corrected chi connectivity index (χ3v) is 4.46. The summed E-state index contributed by atoms with van der Waals surface area (Å²) >= 11 is 19.3. The Morgan fingerprint density at radius 1 is 1.29 bits per heavy atom. The van der Waals surface area contributed by atoms with E-state index >= 15 is 0 Å². The highest BCUT2D eigenvalue weighted by molar-refractivity contribution is 7.13. The monoisotopic (exact) mass is 364 g/mol. The number of methoxy groups -OCH3 is 1. The molecule has 0 unspecified atom stereocenters. The number of nitrogens with one attached hydrogen (secondary N) is 1. The number of halogens is 3. The van der Waals surface area contributed by atoms with E-state index in [1.807, 2.05) is 5.38 Å². The summed E-state index contributed by atoms with van der Waals surface area (Å²) < 4.78 is 4.59. The number of ether oxygens (including phenoxy) is 1. The molecule has 2 rings (SSSR count). The zero-order valence-electron chi connectivity index (χ0n) is 11.0. The van der Waals surface area contributed by atoms with Crippen molar-refractivity contribution in [3.8, 4) is 0 Å². The molecule has 0 aliphatic carbocycles. The van der Waals surface area contributed by atoms with E-state index in [4.69, 9.17) is 34.8 Å². The van der Waals surface area contributed by atoms with Gasteiger partial charge in [0, 0.05) is 11.8 Å². The number of aryl methyl sites for hydroxylation is 1. The number of rotatable bonds is 5. The summed E-state index contributed by atoms with van der Waals surface area (Å²) in [6.07, 6.45) is 0.827. The molecule has 0 bridgehead atoms. The molecule has 0 amide bonds. The van der Waals surface area contributed by atoms with Crippen LogP contribution in [0.4, 0.5) is 10.8 Å². The topological polar surface area (TPSA) is 51.2 Å². The Balaban J connectivity index is 2.06. The zero-order chi connectivity index (χ0) is 15.4. The van der Waals surface area contributed by atoms with E-state index in [-0.39, 0.29) is 5.97 Å². The van der Waals surface area contributed by atoms with Gasteiger partial charge in [0.25, 0.3) is 0 Å². The van der Waals surface area contributed by atoms with Crippen molar-refractivity contribution < 1.29 is 9.53 Å². The Labute approximate surface area is 141 Å². The second-order valence-corrected chi connectivity index (χ2v) is 6.17. The lowest BCUT2D eigenvalue weighted by atomic mass is 10.2. The molecule has 0 aliphatic rings. The lowest BCUT2D eigenvalue weighted by molar-refractivity contribution is -0.140. The maximum absolute atomic E-state index is 11.1. The van der Waals surface area contributed by atoms with Gasteiger partial charge in [0.05, 0.1) is 40.0 Å². The van der Waals surface area contributed by atoms with Crippen molar-refractivity contribution >= 4 is 62.9 Å². The molecule has 0 spiro atoms. The molecular formula is C13H11Cl3N2O2S. The summed E-state index contributed by atoms with van der Waals surface area (Å²) in [4.78, 5) is 15.5. The number of nitrogens with zero attached hydrogens (tertiary/aromatic N) is 1. The van der Waals surface area contributed by atoms with Gasteiger partial charge in [-0.15, -0.1) is 11.3 Å². The van der Waals surface area contributed by atoms with Gasteiger partial charge in [0.2, 0.25) is 0 Å². The van der Waals surface area contributed by atoms with Gasteiger partial charge in [-0.2, -0.15) is 0 Å². The predicted octanol–water partition coefficient (Wildman–Crippen LogP) is 4.95. The Bertz CT molecular complexity index is 661. The molecule has 8 heteroatoms. The van der Waals surface area contributed by atoms with E-state index < -0.39 is 0 Å². The van der Waals surface area contributed by atoms with Crippen molar-refractivity contribution in [1.29, 1.82) is 0 Å². The van der Waals surface area contributed by atoms with Crippen LogP contribution in [0.1, 0.15) is 12.1 Å². The Hall–Kier alpha value is -1.01. The highest BCUT2D eigenvalue weighted by atomic mass is 35.5. The lowest BCUT2D eigenvalue weighted by Crippen LogP contribution is -2.02. The highest BCUT2D eigenvalue weighted by Gasteiger charge is 2.09. The first-order chi connectivity index (χ1) is 9.99. The molecule has 21 heavy (non-hydrogen) atoms. The smallest absolute Gasteiger partial charge is 0.305 e. The minimum Gasteiger partial charge on any atom is -0.469 e. The predicted molar refractivity (Wildman–Crippen MR) is 87.2 cm³/mol. The van der Waals surface area contributed by atoms with Crippen LogP contribution in [0.15, 0.2) is 17.5 Å². The molecule has 0 saturated heterocycles. The fourth-order valence-corrected chi connectivity index (χ4v) is 2.90. The Kier molecular flexibility index (Phi) is 5.70. The number of hydrogen-bond acceptors (Lipinski definition) is 5. The van der Waals surface area contributed by atoms with Gasteiger partial charge in [0.15, 0.2) is 5.13 Å². The van der Waals surface area contributed by atoms with Crippen molar-refractivity contribution in [2.45, 2.75) is 12.8 Å². The summed E-state index contributed by atoms with van der Waals surface area (Å²) in [6.45, 7) is 0. The molecule has 0 fully saturated rings. The Morgan fingerprint density at radius 2 is 2.00 bits per heavy atom. The summed E-state index contributed by atoms with van der Waals surface area (Å²) in [5, 5.41) is 6.87. The van der Waals surface area contributed by atoms with Crippen LogP contribution in [0.5, 0.6) is 0 Å². The van der Waals surface area contributed by atoms with Gasteiger partial charge in [-0.25, -0.2) is 4.98 Å². The average Bonchev–Trinajstić information content (AvgIpc) is 2.89. The number of carbonyl (C=O) groups is 1. The summed E-state index contributed by atoms with van der Waals surface area (Å²) in [5.74, 6) is -0.259. The van der Waals surface area contributed by atoms with Crippen molar-refractivity contribution in [3.05, 3.63) is 38.3 Å². The summed E-state index contributed by atoms with van der Waals surface area (Å²) in [6, 6.07) is 3.21. The van der Waals surface area contributed by atoms with Crippen molar-refractivity contribution in [2.75, 3.05) is 12.4 Å². The molecule has 0 saturated carbocycles. The van der Waals surface area contributed by atoms with Crippen LogP contribution in [0.25, 0.3) is 0 Å². The third-order valence-electron chi connectivity index (χ3n) is 2.62. The van der Waals surface area contributed by atoms with Crippen LogP contribution in [0.2, 0.25) is 15.1 Å². The fraction of sp³-hybridized carbons (Fsp3) is 0.231. The minimum absolute atomic E-state index is 0.259. The van der Waals surface area contributed by atoms with E-state index in [0.717, 1.165) is 5.69 Å². The number of esters is 1. The van der Waals surface area contributed by atoms with Crippen LogP contribution in [-0.2, 0) is 16.0 Å². The SMILES string of the molecule is COC(=O)CCc1csc(Nc2cc(Cl)c(Cl)cc2Cl)n1. The van der Waals surface area contributed by atoms with Crippen LogP contribution in [-0.4, -0.2) is 18.1 Å². The number of benzene rings is 1. The van der Waals surface area contributed by atoms with E-state index in [2.05, 4.69) is 15.0 Å². The van der Waals surface area contributed by atoms with Gasteiger partial charge in [-0.3, -0.25) is 4.79 Å². The number of thiazole rings is 1. The van der Waals surface area contributed by atoms with Gasteiger partial charge in [0.1, 0.15) is 0 Å². The van der Waals surface area contributed by atoms with Gasteiger partial charge < -0.3 is 10.1 Å². The van der Waals surface area contributed by atoms with Crippen LogP contribution in [0.3, 0.4) is 0 Å². The molecule has 1 aromatic heterocycles. The van der Waals surface area contributed by atoms with Gasteiger partial charge in [-0.05, 0) is 12.1 Å². The van der Waals surface area contributed by atoms with E-state index in [0.29, 0.717) is 38.7 Å². The molecular weight excluding hydrogens is 355 g/mol. The second-order valence-electron chi connectivity index (χ2n) is 4.09. The largest absolute Gasteiger partial charge is 0.469 e. The molecule has 0 radical (unpaired) electrons. The first kappa shape index (κ1) is 16.4. The highest BCUT2D eigenvalue weighted by Crippen LogP contribution is 2.34. The maximum Gasteiger partial charge on any atom is 0.305 e. The molecule has 1 aromatic carbocycles. The average molecular weight is 366 g/mol. The van der Waals surface area contributed by atoms with Gasteiger partial charge >= 0.3 is 5.97 Å². The third kappa shape index (κ3) is 4.48. The number of aromatic nitrogens is 1. The summed E-state index contributed by atoms with van der Waals surface area (Å²) in [5.41, 5.74) is 1.43. The van der Waals surface area contributed by atoms with Crippen LogP contribution < -0.4 is 5.32 Å². The van der Waals surface area contributed by atoms with Gasteiger partial charge in [-0.1, -0.05) is 34.8 Å². The fourth-order valence-electron chi connectivity index (χ4n) is 1.54. The molecule has 112 valence electrons. The molecule has 1 N–H and O–H groups in total. The van der Waals surface area contributed by atoms with Crippen molar-refractivity contribution in [2.24, 2.45) is 0 Å². The summed E-state index contributed by atoms with van der Waals surface area (Å²) in [7, 11) is 1.36. The number of hydrogen-bond donors (Lipinski definition) is 1. The molecule has 2 aromatic rings. The number of carbonyl (C=O) groups excluding carboxylic acids is 1. The van der Waals surface area contributed by atoms with Crippen molar-refractivity contribution in [1.82, 2.24) is 4.98 Å². The molecule has 1 heterocycles. The maximum atomic E-state index is 11.1. The molecule has 4 nitrogen and oxygen atoms in total. The quantitative estimate of drug-likeness (QED) is 0.601. The standard InChI is InChI=1S/C13H11Cl3N2O2S/c1-20-12(19)3-2-7-6-21-13(17-7)18-11-5-9(15)8(14)4-10(11)16/h4-6H,2-3H2,1H3,(H,17,18). The van der Waals surface area contributed by atoms with Crippen LogP contribution in [0, 0.1) is 0 Å². The first-order valence-corrected chi connectivity index (χ1v) is 7.93.